The predicted molar refractivity (Wildman–Crippen MR) is 172 cm³/mol. The molecule has 0 saturated carbocycles. The first-order chi connectivity index (χ1) is 20.5. The summed E-state index contributed by atoms with van der Waals surface area (Å²) in [6.45, 7) is 3.33. The SMILES string of the molecule is CNC(C)C(=O)N[C@H]1CN(S(=O)(=O)c2ccc([N+](=O)[O-])cc2)c2ccccc2N(Cc2c(C)ccc3ccccc23)C1=O.Cl. The molecule has 0 saturated heterocycles. The van der Waals surface area contributed by atoms with Crippen LogP contribution in [0.25, 0.3) is 10.8 Å². The number of fused-ring (bicyclic) bond motifs is 2. The molecule has 230 valence electrons. The highest BCUT2D eigenvalue weighted by Crippen LogP contribution is 2.38. The number of benzene rings is 4. The summed E-state index contributed by atoms with van der Waals surface area (Å²) in [7, 11) is -2.73. The molecule has 0 radical (unpaired) electrons. The van der Waals surface area contributed by atoms with E-state index in [0.717, 1.165) is 50.5 Å². The average Bonchev–Trinajstić information content (AvgIpc) is 3.12. The minimum absolute atomic E-state index is 0. The second-order valence-electron chi connectivity index (χ2n) is 10.4. The fourth-order valence-corrected chi connectivity index (χ4v) is 6.65. The lowest BCUT2D eigenvalue weighted by Gasteiger charge is -2.27. The number of para-hydroxylation sites is 2. The van der Waals surface area contributed by atoms with E-state index >= 15 is 0 Å². The Bertz CT molecular complexity index is 1830. The highest BCUT2D eigenvalue weighted by atomic mass is 35.5. The number of sulfonamides is 1. The average molecular weight is 638 g/mol. The molecule has 4 aromatic carbocycles. The van der Waals surface area contributed by atoms with Gasteiger partial charge in [0.25, 0.3) is 21.6 Å². The van der Waals surface area contributed by atoms with E-state index in [1.807, 2.05) is 43.3 Å². The zero-order valence-corrected chi connectivity index (χ0v) is 25.9. The maximum atomic E-state index is 14.3. The maximum absolute atomic E-state index is 14.3. The molecule has 5 rings (SSSR count). The Balaban J connectivity index is 0.00000442. The van der Waals surface area contributed by atoms with E-state index in [1.54, 1.807) is 38.2 Å². The van der Waals surface area contributed by atoms with Gasteiger partial charge in [-0.25, -0.2) is 8.42 Å². The predicted octanol–water partition coefficient (Wildman–Crippen LogP) is 4.31. The first kappa shape index (κ1) is 32.4. The Morgan fingerprint density at radius 2 is 1.64 bits per heavy atom. The van der Waals surface area contributed by atoms with Crippen molar-refractivity contribution in [2.24, 2.45) is 0 Å². The molecule has 2 atom stereocenters. The molecule has 13 heteroatoms. The van der Waals surface area contributed by atoms with Gasteiger partial charge < -0.3 is 15.5 Å². The molecule has 0 spiro atoms. The first-order valence-electron chi connectivity index (χ1n) is 13.7. The van der Waals surface area contributed by atoms with Crippen molar-refractivity contribution in [3.8, 4) is 0 Å². The van der Waals surface area contributed by atoms with E-state index in [9.17, 15) is 28.1 Å². The Morgan fingerprint density at radius 3 is 2.30 bits per heavy atom. The van der Waals surface area contributed by atoms with Crippen LogP contribution in [0.15, 0.2) is 89.8 Å². The van der Waals surface area contributed by atoms with Crippen LogP contribution in [-0.2, 0) is 26.2 Å². The Morgan fingerprint density at radius 1 is 1.00 bits per heavy atom. The van der Waals surface area contributed by atoms with Gasteiger partial charge in [0.1, 0.15) is 6.04 Å². The van der Waals surface area contributed by atoms with Crippen molar-refractivity contribution in [2.45, 2.75) is 37.4 Å². The number of likely N-dealkylation sites (N-methyl/N-ethyl adjacent to an activating group) is 1. The molecule has 11 nitrogen and oxygen atoms in total. The monoisotopic (exact) mass is 637 g/mol. The number of nitrogens with zero attached hydrogens (tertiary/aromatic N) is 3. The number of carbonyl (C=O) groups excluding carboxylic acids is 2. The fourth-order valence-electron chi connectivity index (χ4n) is 5.16. The van der Waals surface area contributed by atoms with Gasteiger partial charge in [0.05, 0.1) is 40.3 Å². The van der Waals surface area contributed by atoms with E-state index in [2.05, 4.69) is 10.6 Å². The van der Waals surface area contributed by atoms with E-state index in [-0.39, 0.29) is 41.8 Å². The molecule has 0 aromatic heterocycles. The summed E-state index contributed by atoms with van der Waals surface area (Å²) in [6.07, 6.45) is 0. The second-order valence-corrected chi connectivity index (χ2v) is 12.2. The zero-order valence-electron chi connectivity index (χ0n) is 24.3. The molecule has 1 unspecified atom stereocenters. The Labute approximate surface area is 261 Å². The van der Waals surface area contributed by atoms with Gasteiger partial charge in [-0.3, -0.25) is 24.0 Å². The highest BCUT2D eigenvalue weighted by molar-refractivity contribution is 7.92. The highest BCUT2D eigenvalue weighted by Gasteiger charge is 2.40. The van der Waals surface area contributed by atoms with Gasteiger partial charge >= 0.3 is 0 Å². The molecule has 0 aliphatic carbocycles. The number of hydrogen-bond acceptors (Lipinski definition) is 7. The van der Waals surface area contributed by atoms with Gasteiger partial charge in [0, 0.05) is 12.1 Å². The smallest absolute Gasteiger partial charge is 0.269 e. The number of rotatable bonds is 8. The van der Waals surface area contributed by atoms with Crippen LogP contribution in [0.5, 0.6) is 0 Å². The van der Waals surface area contributed by atoms with Gasteiger partial charge in [-0.05, 0) is 67.1 Å². The molecule has 0 fully saturated rings. The summed E-state index contributed by atoms with van der Waals surface area (Å²) >= 11 is 0. The van der Waals surface area contributed by atoms with Gasteiger partial charge in [0.2, 0.25) is 5.91 Å². The van der Waals surface area contributed by atoms with Crippen molar-refractivity contribution in [3.63, 3.8) is 0 Å². The molecule has 1 heterocycles. The third-order valence-electron chi connectivity index (χ3n) is 7.72. The molecule has 2 N–H and O–H groups in total. The van der Waals surface area contributed by atoms with Gasteiger partial charge in [0.15, 0.2) is 0 Å². The lowest BCUT2D eigenvalue weighted by Crippen LogP contribution is -2.55. The minimum Gasteiger partial charge on any atom is -0.341 e. The maximum Gasteiger partial charge on any atom is 0.269 e. The number of hydrogen-bond donors (Lipinski definition) is 2. The number of nitrogens with one attached hydrogen (secondary N) is 2. The summed E-state index contributed by atoms with van der Waals surface area (Å²) < 4.78 is 29.3. The number of non-ortho nitro benzene ring substituents is 1. The van der Waals surface area contributed by atoms with Crippen LogP contribution in [0.3, 0.4) is 0 Å². The number of halogens is 1. The largest absolute Gasteiger partial charge is 0.341 e. The molecule has 1 aliphatic heterocycles. The van der Waals surface area contributed by atoms with E-state index in [4.69, 9.17) is 0 Å². The van der Waals surface area contributed by atoms with Crippen LogP contribution < -0.4 is 19.8 Å². The topological polar surface area (TPSA) is 142 Å². The summed E-state index contributed by atoms with van der Waals surface area (Å²) in [6, 6.07) is 21.1. The molecule has 2 amide bonds. The zero-order chi connectivity index (χ0) is 30.9. The van der Waals surface area contributed by atoms with Crippen molar-refractivity contribution in [3.05, 3.63) is 106 Å². The Kier molecular flexibility index (Phi) is 9.57. The lowest BCUT2D eigenvalue weighted by atomic mass is 9.99. The van der Waals surface area contributed by atoms with Gasteiger partial charge in [-0.1, -0.05) is 48.5 Å². The van der Waals surface area contributed by atoms with Crippen LogP contribution in [0, 0.1) is 17.0 Å². The molecule has 44 heavy (non-hydrogen) atoms. The molecular weight excluding hydrogens is 606 g/mol. The molecular formula is C31H32ClN5O6S. The van der Waals surface area contributed by atoms with E-state index < -0.39 is 38.8 Å². The van der Waals surface area contributed by atoms with Gasteiger partial charge in [-0.15, -0.1) is 12.4 Å². The number of nitro benzene ring substituents is 1. The van der Waals surface area contributed by atoms with Crippen LogP contribution >= 0.6 is 12.4 Å². The number of aryl methyl sites for hydroxylation is 1. The number of anilines is 2. The lowest BCUT2D eigenvalue weighted by molar-refractivity contribution is -0.384. The van der Waals surface area contributed by atoms with E-state index in [0.29, 0.717) is 5.69 Å². The van der Waals surface area contributed by atoms with Crippen LogP contribution in [0.1, 0.15) is 18.1 Å². The summed E-state index contributed by atoms with van der Waals surface area (Å²) in [5.74, 6) is -0.946. The van der Waals surface area contributed by atoms with Crippen molar-refractivity contribution in [1.29, 1.82) is 0 Å². The number of carbonyl (C=O) groups is 2. The van der Waals surface area contributed by atoms with Crippen molar-refractivity contribution in [1.82, 2.24) is 10.6 Å². The standard InChI is InChI=1S/C31H31N5O6S.ClH/c1-20-12-13-22-8-4-5-9-25(22)26(20)18-34-28-10-6-7-11-29(28)35(19-27(31(34)38)33-30(37)21(2)32-3)43(41,42)24-16-14-23(15-17-24)36(39)40;/h4-17,21,27,32H,18-19H2,1-3H3,(H,33,37);1H/t21?,27-;/m0./s1. The summed E-state index contributed by atoms with van der Waals surface area (Å²) in [4.78, 5) is 39.2. The van der Waals surface area contributed by atoms with Crippen LogP contribution in [0.2, 0.25) is 0 Å². The third-order valence-corrected chi connectivity index (χ3v) is 9.52. The van der Waals surface area contributed by atoms with E-state index in [1.165, 1.54) is 4.90 Å². The number of amides is 2. The summed E-state index contributed by atoms with van der Waals surface area (Å²) in [5.41, 5.74) is 2.18. The second kappa shape index (κ2) is 13.0. The third kappa shape index (κ3) is 6.09. The van der Waals surface area contributed by atoms with Gasteiger partial charge in [-0.2, -0.15) is 0 Å². The first-order valence-corrected chi connectivity index (χ1v) is 15.1. The normalized spacial score (nSPS) is 15.6. The van der Waals surface area contributed by atoms with Crippen molar-refractivity contribution < 1.29 is 22.9 Å². The Hall–Kier alpha value is -4.52. The fraction of sp³-hybridized carbons (Fsp3) is 0.226. The van der Waals surface area contributed by atoms with Crippen molar-refractivity contribution in [2.75, 3.05) is 22.8 Å². The number of nitro groups is 1. The molecule has 0 bridgehead atoms. The summed E-state index contributed by atoms with van der Waals surface area (Å²) in [5, 5.41) is 18.7. The minimum atomic E-state index is -4.33. The molecule has 1 aliphatic rings. The van der Waals surface area contributed by atoms with Crippen LogP contribution in [0.4, 0.5) is 17.1 Å². The molecule has 4 aromatic rings. The van der Waals surface area contributed by atoms with Crippen molar-refractivity contribution >= 4 is 62.1 Å². The van der Waals surface area contributed by atoms with Crippen LogP contribution in [-0.4, -0.2) is 50.8 Å². The quantitative estimate of drug-likeness (QED) is 0.217.